The van der Waals surface area contributed by atoms with Crippen LogP contribution in [0.25, 0.3) is 0 Å². The Kier molecular flexibility index (Phi) is 8.88. The highest BCUT2D eigenvalue weighted by atomic mass is 35.5. The summed E-state index contributed by atoms with van der Waals surface area (Å²) >= 11 is 0. The number of nitrogens with zero attached hydrogens (tertiary/aromatic N) is 1. The summed E-state index contributed by atoms with van der Waals surface area (Å²) in [4.78, 5) is 11.3. The molecule has 0 radical (unpaired) electrons. The summed E-state index contributed by atoms with van der Waals surface area (Å²) in [6, 6.07) is 0. The fourth-order valence-corrected chi connectivity index (χ4v) is 1.21. The van der Waals surface area contributed by atoms with E-state index in [2.05, 4.69) is 0 Å². The van der Waals surface area contributed by atoms with Gasteiger partial charge >= 0.3 is 5.97 Å². The number of hydrogen-bond acceptors (Lipinski definition) is 3. The van der Waals surface area contributed by atoms with Crippen molar-refractivity contribution >= 4 is 5.97 Å². The molecule has 0 fully saturated rings. The molecule has 0 spiro atoms. The Bertz CT molecular complexity index is 202. The molecule has 0 aliphatic carbocycles. The Morgan fingerprint density at radius 3 is 2.19 bits per heavy atom. The number of quaternary nitrogens is 1. The molecule has 0 unspecified atom stereocenters. The lowest BCUT2D eigenvalue weighted by molar-refractivity contribution is -0.873. The van der Waals surface area contributed by atoms with E-state index in [0.29, 0.717) is 23.6 Å². The van der Waals surface area contributed by atoms with E-state index in [1.54, 1.807) is 0 Å². The predicted molar refractivity (Wildman–Crippen MR) is 59.3 cm³/mol. The number of carbonyl (C=O) groups excluding carboxylic acids is 1. The lowest BCUT2D eigenvalue weighted by Gasteiger charge is -2.26. The third-order valence-electron chi connectivity index (χ3n) is 1.74. The van der Waals surface area contributed by atoms with Gasteiger partial charge in [0.1, 0.15) is 12.6 Å². The van der Waals surface area contributed by atoms with Crippen LogP contribution in [-0.2, 0) is 9.53 Å². The van der Waals surface area contributed by atoms with Crippen molar-refractivity contribution in [1.29, 1.82) is 0 Å². The van der Waals surface area contributed by atoms with E-state index in [0.717, 1.165) is 0 Å². The number of aliphatic hydroxyl groups excluding tert-OH is 1. The van der Waals surface area contributed by atoms with Crippen molar-refractivity contribution in [3.63, 3.8) is 0 Å². The van der Waals surface area contributed by atoms with E-state index in [4.69, 9.17) is 4.74 Å². The number of halogens is 1. The van der Waals surface area contributed by atoms with Crippen molar-refractivity contribution in [2.24, 2.45) is 5.92 Å². The third-order valence-corrected chi connectivity index (χ3v) is 1.74. The van der Waals surface area contributed by atoms with E-state index >= 15 is 0 Å². The average Bonchev–Trinajstić information content (AvgIpc) is 1.96. The van der Waals surface area contributed by atoms with Gasteiger partial charge in [-0.15, -0.1) is 0 Å². The maximum atomic E-state index is 11.3. The Balaban J connectivity index is 0. The molecular formula is C11H24ClNO3. The molecule has 4 nitrogen and oxygen atoms in total. The molecule has 0 amide bonds. The first kappa shape index (κ1) is 18.1. The second-order valence-corrected chi connectivity index (χ2v) is 5.41. The van der Waals surface area contributed by atoms with Gasteiger partial charge in [-0.25, -0.2) is 0 Å². The number of aliphatic hydroxyl groups is 1. The van der Waals surface area contributed by atoms with Gasteiger partial charge in [-0.3, -0.25) is 4.79 Å². The molecular weight excluding hydrogens is 230 g/mol. The van der Waals surface area contributed by atoms with Crippen molar-refractivity contribution < 1.29 is 31.5 Å². The van der Waals surface area contributed by atoms with Crippen LogP contribution in [0.1, 0.15) is 20.3 Å². The molecule has 5 heteroatoms. The van der Waals surface area contributed by atoms with Gasteiger partial charge in [0.15, 0.2) is 0 Å². The summed E-state index contributed by atoms with van der Waals surface area (Å²) in [5.74, 6) is 0.0224. The molecule has 0 saturated carbocycles. The number of esters is 1. The third kappa shape index (κ3) is 11.8. The summed E-state index contributed by atoms with van der Waals surface area (Å²) < 4.78 is 5.62. The molecule has 0 heterocycles. The van der Waals surface area contributed by atoms with Gasteiger partial charge in [0.25, 0.3) is 0 Å². The zero-order valence-electron chi connectivity index (χ0n) is 10.9. The smallest absolute Gasteiger partial charge is 0.308 e. The van der Waals surface area contributed by atoms with Crippen LogP contribution in [0, 0.1) is 5.92 Å². The lowest BCUT2D eigenvalue weighted by Crippen LogP contribution is -3.00. The maximum Gasteiger partial charge on any atom is 0.308 e. The van der Waals surface area contributed by atoms with Crippen molar-refractivity contribution in [2.75, 3.05) is 34.3 Å². The fraction of sp³-hybridized carbons (Fsp3) is 0.909. The van der Waals surface area contributed by atoms with E-state index < -0.39 is 6.10 Å². The van der Waals surface area contributed by atoms with Gasteiger partial charge in [-0.05, 0) is 5.92 Å². The highest BCUT2D eigenvalue weighted by Gasteiger charge is 2.19. The normalized spacial score (nSPS) is 13.2. The second kappa shape index (κ2) is 7.87. The monoisotopic (exact) mass is 253 g/mol. The van der Waals surface area contributed by atoms with Gasteiger partial charge in [0.2, 0.25) is 0 Å². The highest BCUT2D eigenvalue weighted by molar-refractivity contribution is 5.69. The molecule has 16 heavy (non-hydrogen) atoms. The van der Waals surface area contributed by atoms with Crippen molar-refractivity contribution in [3.8, 4) is 0 Å². The average molecular weight is 254 g/mol. The predicted octanol–water partition coefficient (Wildman–Crippen LogP) is -2.35. The quantitative estimate of drug-likeness (QED) is 0.426. The fourth-order valence-electron chi connectivity index (χ4n) is 1.21. The summed E-state index contributed by atoms with van der Waals surface area (Å²) in [5.41, 5.74) is 0. The van der Waals surface area contributed by atoms with Gasteiger partial charge < -0.3 is 26.7 Å². The number of likely N-dealkylation sites (N-methyl/N-ethyl adjacent to an activating group) is 1. The van der Waals surface area contributed by atoms with Crippen LogP contribution < -0.4 is 12.4 Å². The maximum absolute atomic E-state index is 11.3. The minimum Gasteiger partial charge on any atom is -1.00 e. The molecule has 0 aliphatic heterocycles. The van der Waals surface area contributed by atoms with Crippen LogP contribution in [0.3, 0.4) is 0 Å². The van der Waals surface area contributed by atoms with Crippen LogP contribution in [-0.4, -0.2) is 56.0 Å². The summed E-state index contributed by atoms with van der Waals surface area (Å²) in [6.45, 7) is 4.94. The topological polar surface area (TPSA) is 46.5 Å². The molecule has 1 atom stereocenters. The van der Waals surface area contributed by atoms with Crippen LogP contribution in [0.2, 0.25) is 0 Å². The number of carbonyl (C=O) groups is 1. The first-order valence-corrected chi connectivity index (χ1v) is 5.35. The van der Waals surface area contributed by atoms with Crippen molar-refractivity contribution in [1.82, 2.24) is 0 Å². The zero-order valence-corrected chi connectivity index (χ0v) is 11.6. The molecule has 0 aromatic heterocycles. The van der Waals surface area contributed by atoms with E-state index in [9.17, 15) is 9.90 Å². The molecule has 0 bridgehead atoms. The summed E-state index contributed by atoms with van der Waals surface area (Å²) in [6.07, 6.45) is -0.535. The second-order valence-electron chi connectivity index (χ2n) is 5.41. The standard InChI is InChI=1S/C11H24NO3.ClH/c1-9(2)8-15-11(14)6-10(13)7-12(3,4)5;/h9-10,13H,6-8H2,1-5H3;1H/q+1;/p-1/t10-;/m1./s1. The minimum absolute atomic E-state index is 0. The van der Waals surface area contributed by atoms with Crippen LogP contribution >= 0.6 is 0 Å². The molecule has 1 N–H and O–H groups in total. The Morgan fingerprint density at radius 2 is 1.81 bits per heavy atom. The van der Waals surface area contributed by atoms with E-state index in [1.807, 2.05) is 35.0 Å². The van der Waals surface area contributed by atoms with Gasteiger partial charge in [0.05, 0.1) is 34.2 Å². The lowest BCUT2D eigenvalue weighted by atomic mass is 10.2. The molecule has 0 aromatic rings. The number of ether oxygens (including phenoxy) is 1. The molecule has 0 saturated heterocycles. The molecule has 0 aromatic carbocycles. The highest BCUT2D eigenvalue weighted by Crippen LogP contribution is 2.02. The molecule has 98 valence electrons. The largest absolute Gasteiger partial charge is 1.00 e. The van der Waals surface area contributed by atoms with Crippen LogP contribution in [0.15, 0.2) is 0 Å². The Labute approximate surface area is 105 Å². The van der Waals surface area contributed by atoms with E-state index in [-0.39, 0.29) is 24.8 Å². The first-order chi connectivity index (χ1) is 6.70. The minimum atomic E-state index is -0.621. The van der Waals surface area contributed by atoms with Gasteiger partial charge in [0, 0.05) is 0 Å². The first-order valence-electron chi connectivity index (χ1n) is 5.35. The SMILES string of the molecule is CC(C)COC(=O)C[C@@H](O)C[N+](C)(C)C.[Cl-]. The Morgan fingerprint density at radius 1 is 1.31 bits per heavy atom. The van der Waals surface area contributed by atoms with Gasteiger partial charge in [-0.1, -0.05) is 13.8 Å². The van der Waals surface area contributed by atoms with Crippen LogP contribution in [0.5, 0.6) is 0 Å². The molecule has 0 aliphatic rings. The van der Waals surface area contributed by atoms with Crippen LogP contribution in [0.4, 0.5) is 0 Å². The van der Waals surface area contributed by atoms with Crippen molar-refractivity contribution in [2.45, 2.75) is 26.4 Å². The summed E-state index contributed by atoms with van der Waals surface area (Å²) in [5, 5.41) is 9.60. The summed E-state index contributed by atoms with van der Waals surface area (Å²) in [7, 11) is 5.92. The van der Waals surface area contributed by atoms with E-state index in [1.165, 1.54) is 0 Å². The van der Waals surface area contributed by atoms with Crippen molar-refractivity contribution in [3.05, 3.63) is 0 Å². The Hall–Kier alpha value is -0.320. The zero-order chi connectivity index (χ0) is 12.1. The number of rotatable bonds is 6. The number of hydrogen-bond donors (Lipinski definition) is 1. The van der Waals surface area contributed by atoms with Gasteiger partial charge in [-0.2, -0.15) is 0 Å². The molecule has 0 rings (SSSR count).